The first-order chi connectivity index (χ1) is 15.9. The average Bonchev–Trinajstić information content (AvgIpc) is 3.44. The van der Waals surface area contributed by atoms with Crippen molar-refractivity contribution in [2.75, 3.05) is 11.4 Å². The van der Waals surface area contributed by atoms with Crippen LogP contribution >= 0.6 is 0 Å². The van der Waals surface area contributed by atoms with Gasteiger partial charge in [-0.25, -0.2) is 4.98 Å². The Bertz CT molecular complexity index is 1420. The Labute approximate surface area is 190 Å². The highest BCUT2D eigenvalue weighted by Gasteiger charge is 2.35. The molecule has 2 aromatic heterocycles. The van der Waals surface area contributed by atoms with Crippen LogP contribution in [0.5, 0.6) is 0 Å². The fraction of sp³-hybridized carbons (Fsp3) is 0.320. The van der Waals surface area contributed by atoms with Crippen LogP contribution in [-0.4, -0.2) is 32.1 Å². The van der Waals surface area contributed by atoms with E-state index >= 15 is 0 Å². The molecular weight excluding hydrogens is 418 g/mol. The van der Waals surface area contributed by atoms with E-state index in [9.17, 15) is 9.59 Å². The molecule has 0 spiro atoms. The molecule has 0 saturated carbocycles. The molecule has 1 aliphatic rings. The molecule has 33 heavy (non-hydrogen) atoms. The predicted octanol–water partition coefficient (Wildman–Crippen LogP) is 3.53. The molecule has 0 radical (unpaired) electrons. The molecule has 1 fully saturated rings. The van der Waals surface area contributed by atoms with Crippen LogP contribution in [0, 0.1) is 13.8 Å². The van der Waals surface area contributed by atoms with Gasteiger partial charge in [0.1, 0.15) is 5.82 Å². The van der Waals surface area contributed by atoms with Gasteiger partial charge in [-0.1, -0.05) is 30.3 Å². The van der Waals surface area contributed by atoms with Crippen molar-refractivity contribution < 1.29 is 9.32 Å². The molecule has 3 heterocycles. The highest BCUT2D eigenvalue weighted by atomic mass is 16.5. The number of hydrogen-bond donors (Lipinski definition) is 0. The van der Waals surface area contributed by atoms with Crippen molar-refractivity contribution in [2.24, 2.45) is 0 Å². The maximum atomic E-state index is 13.1. The Morgan fingerprint density at radius 2 is 1.88 bits per heavy atom. The Kier molecular flexibility index (Phi) is 5.28. The zero-order chi connectivity index (χ0) is 23.1. The second-order valence-corrected chi connectivity index (χ2v) is 8.51. The predicted molar refractivity (Wildman–Crippen MR) is 124 cm³/mol. The van der Waals surface area contributed by atoms with Crippen molar-refractivity contribution in [1.29, 1.82) is 0 Å². The molecule has 5 rings (SSSR count). The Morgan fingerprint density at radius 3 is 2.67 bits per heavy atom. The molecule has 0 N–H and O–H groups in total. The smallest absolute Gasteiger partial charge is 0.261 e. The molecule has 1 atom stereocenters. The van der Waals surface area contributed by atoms with Crippen LogP contribution < -0.4 is 10.5 Å². The molecule has 8 nitrogen and oxygen atoms in total. The minimum atomic E-state index is -0.183. The molecule has 0 aliphatic carbocycles. The number of fused-ring (bicyclic) bond motifs is 1. The van der Waals surface area contributed by atoms with Crippen LogP contribution in [0.4, 0.5) is 5.69 Å². The maximum Gasteiger partial charge on any atom is 0.261 e. The average molecular weight is 444 g/mol. The van der Waals surface area contributed by atoms with E-state index in [0.29, 0.717) is 47.8 Å². The summed E-state index contributed by atoms with van der Waals surface area (Å²) in [6.45, 7) is 6.70. The molecule has 1 aliphatic heterocycles. The van der Waals surface area contributed by atoms with Gasteiger partial charge in [-0.15, -0.1) is 0 Å². The summed E-state index contributed by atoms with van der Waals surface area (Å²) in [5.74, 6) is 1.34. The van der Waals surface area contributed by atoms with Crippen molar-refractivity contribution in [1.82, 2.24) is 19.7 Å². The molecule has 0 bridgehead atoms. The number of hydrogen-bond acceptors (Lipinski definition) is 6. The highest BCUT2D eigenvalue weighted by molar-refractivity contribution is 5.96. The van der Waals surface area contributed by atoms with Crippen molar-refractivity contribution in [3.8, 4) is 0 Å². The van der Waals surface area contributed by atoms with Gasteiger partial charge in [0.15, 0.2) is 5.82 Å². The first kappa shape index (κ1) is 21.1. The molecule has 1 unspecified atom stereocenters. The summed E-state index contributed by atoms with van der Waals surface area (Å²) < 4.78 is 7.12. The summed E-state index contributed by atoms with van der Waals surface area (Å²) in [7, 11) is 0. The quantitative estimate of drug-likeness (QED) is 0.468. The maximum absolute atomic E-state index is 13.1. The minimum absolute atomic E-state index is 0.0335. The van der Waals surface area contributed by atoms with Crippen LogP contribution in [0.25, 0.3) is 10.9 Å². The number of amides is 1. The number of nitrogens with zero attached hydrogens (tertiary/aromatic N) is 5. The lowest BCUT2D eigenvalue weighted by molar-refractivity contribution is -0.117. The van der Waals surface area contributed by atoms with Crippen LogP contribution in [0.2, 0.25) is 0 Å². The largest absolute Gasteiger partial charge is 0.339 e. The van der Waals surface area contributed by atoms with E-state index < -0.39 is 0 Å². The zero-order valence-corrected chi connectivity index (χ0v) is 18.9. The second kappa shape index (κ2) is 8.27. The lowest BCUT2D eigenvalue weighted by Gasteiger charge is -2.17. The van der Waals surface area contributed by atoms with E-state index in [1.165, 1.54) is 5.56 Å². The molecular formula is C25H25N5O3. The van der Waals surface area contributed by atoms with E-state index in [1.54, 1.807) is 15.5 Å². The number of anilines is 1. The standard InChI is InChI=1S/C25H25N5O3/c1-4-22-26-20-8-6-5-7-19(20)25(32)30(22)14-21-27-24(33-28-21)17-12-23(31)29(13-17)18-10-9-15(2)16(3)11-18/h5-11,17H,4,12-14H2,1-3H3. The fourth-order valence-corrected chi connectivity index (χ4v) is 4.30. The SMILES string of the molecule is CCc1nc2ccccc2c(=O)n1Cc1noc(C2CC(=O)N(c3ccc(C)c(C)c3)C2)n1. The number of aromatic nitrogens is 4. The summed E-state index contributed by atoms with van der Waals surface area (Å²) in [4.78, 5) is 36.7. The van der Waals surface area contributed by atoms with Crippen LogP contribution in [0.15, 0.2) is 51.8 Å². The number of para-hydroxylation sites is 1. The first-order valence-electron chi connectivity index (χ1n) is 11.1. The Morgan fingerprint density at radius 1 is 1.06 bits per heavy atom. The summed E-state index contributed by atoms with van der Waals surface area (Å²) in [5, 5.41) is 4.66. The third kappa shape index (κ3) is 3.82. The van der Waals surface area contributed by atoms with E-state index in [4.69, 9.17) is 4.52 Å². The lowest BCUT2D eigenvalue weighted by Crippen LogP contribution is -2.26. The number of rotatable bonds is 5. The Hall–Kier alpha value is -3.81. The minimum Gasteiger partial charge on any atom is -0.339 e. The molecule has 2 aromatic carbocycles. The molecule has 168 valence electrons. The summed E-state index contributed by atoms with van der Waals surface area (Å²) in [6.07, 6.45) is 0.916. The fourth-order valence-electron chi connectivity index (χ4n) is 4.30. The third-order valence-electron chi connectivity index (χ3n) is 6.32. The van der Waals surface area contributed by atoms with Gasteiger partial charge < -0.3 is 9.42 Å². The van der Waals surface area contributed by atoms with Crippen molar-refractivity contribution in [3.63, 3.8) is 0 Å². The van der Waals surface area contributed by atoms with Crippen LogP contribution in [0.3, 0.4) is 0 Å². The number of benzene rings is 2. The summed E-state index contributed by atoms with van der Waals surface area (Å²) in [6, 6.07) is 13.3. The van der Waals surface area contributed by atoms with Gasteiger partial charge in [0, 0.05) is 25.1 Å². The number of carbonyl (C=O) groups excluding carboxylic acids is 1. The van der Waals surface area contributed by atoms with Crippen molar-refractivity contribution >= 4 is 22.5 Å². The number of carbonyl (C=O) groups is 1. The topological polar surface area (TPSA) is 94.1 Å². The van der Waals surface area contributed by atoms with Gasteiger partial charge in [0.2, 0.25) is 11.8 Å². The van der Waals surface area contributed by atoms with E-state index in [1.807, 2.05) is 57.2 Å². The molecule has 1 saturated heterocycles. The van der Waals surface area contributed by atoms with E-state index in [0.717, 1.165) is 11.3 Å². The van der Waals surface area contributed by atoms with Gasteiger partial charge in [-0.05, 0) is 49.2 Å². The van der Waals surface area contributed by atoms with Gasteiger partial charge >= 0.3 is 0 Å². The molecule has 4 aromatic rings. The first-order valence-corrected chi connectivity index (χ1v) is 11.1. The van der Waals surface area contributed by atoms with Gasteiger partial charge in [-0.2, -0.15) is 4.98 Å². The van der Waals surface area contributed by atoms with Gasteiger partial charge in [0.25, 0.3) is 5.56 Å². The monoisotopic (exact) mass is 443 g/mol. The Balaban J connectivity index is 1.39. The van der Waals surface area contributed by atoms with Gasteiger partial charge in [0.05, 0.1) is 23.4 Å². The van der Waals surface area contributed by atoms with Gasteiger partial charge in [-0.3, -0.25) is 14.2 Å². The molecule has 1 amide bonds. The third-order valence-corrected chi connectivity index (χ3v) is 6.32. The zero-order valence-electron chi connectivity index (χ0n) is 18.9. The summed E-state index contributed by atoms with van der Waals surface area (Å²) >= 11 is 0. The van der Waals surface area contributed by atoms with Crippen LogP contribution in [0.1, 0.15) is 47.9 Å². The number of aryl methyl sites for hydroxylation is 3. The van der Waals surface area contributed by atoms with Crippen molar-refractivity contribution in [2.45, 2.75) is 46.1 Å². The second-order valence-electron chi connectivity index (χ2n) is 8.51. The van der Waals surface area contributed by atoms with Crippen molar-refractivity contribution in [3.05, 3.63) is 81.5 Å². The van der Waals surface area contributed by atoms with Crippen LogP contribution in [-0.2, 0) is 17.8 Å². The molecule has 8 heteroatoms. The lowest BCUT2D eigenvalue weighted by atomic mass is 10.1. The normalized spacial score (nSPS) is 16.2. The van der Waals surface area contributed by atoms with E-state index in [-0.39, 0.29) is 23.9 Å². The highest BCUT2D eigenvalue weighted by Crippen LogP contribution is 2.32. The summed E-state index contributed by atoms with van der Waals surface area (Å²) in [5.41, 5.74) is 3.77. The van der Waals surface area contributed by atoms with E-state index in [2.05, 4.69) is 15.1 Å².